The highest BCUT2D eigenvalue weighted by atomic mass is 16.5. The third-order valence-electron chi connectivity index (χ3n) is 4.23. The number of hydrogen-bond acceptors (Lipinski definition) is 3. The Kier molecular flexibility index (Phi) is 4.26. The average Bonchev–Trinajstić information content (AvgIpc) is 2.56. The van der Waals surface area contributed by atoms with Gasteiger partial charge in [0.15, 0.2) is 0 Å². The molecule has 118 valence electrons. The van der Waals surface area contributed by atoms with Gasteiger partial charge in [0.2, 0.25) is 6.41 Å². The first kappa shape index (κ1) is 15.4. The summed E-state index contributed by atoms with van der Waals surface area (Å²) < 4.78 is 6.33. The SMILES string of the molecule is C[C@@]1(c2ccccc2NC=O)CC(=O)C[C@H](c2ccccc2)O1. The van der Waals surface area contributed by atoms with Gasteiger partial charge in [-0.25, -0.2) is 0 Å². The van der Waals surface area contributed by atoms with Crippen LogP contribution in [0.3, 0.4) is 0 Å². The van der Waals surface area contributed by atoms with E-state index in [1.807, 2.05) is 61.5 Å². The Bertz CT molecular complexity index is 714. The van der Waals surface area contributed by atoms with E-state index in [1.165, 1.54) is 0 Å². The van der Waals surface area contributed by atoms with Gasteiger partial charge in [0.05, 0.1) is 6.10 Å². The molecule has 0 aromatic heterocycles. The maximum Gasteiger partial charge on any atom is 0.211 e. The first-order valence-electron chi connectivity index (χ1n) is 7.66. The first-order valence-corrected chi connectivity index (χ1v) is 7.66. The summed E-state index contributed by atoms with van der Waals surface area (Å²) >= 11 is 0. The number of rotatable bonds is 4. The van der Waals surface area contributed by atoms with Gasteiger partial charge in [0.25, 0.3) is 0 Å². The number of hydrogen-bond donors (Lipinski definition) is 1. The highest BCUT2D eigenvalue weighted by molar-refractivity contribution is 5.82. The summed E-state index contributed by atoms with van der Waals surface area (Å²) in [5.74, 6) is 0.161. The number of ether oxygens (including phenoxy) is 1. The summed E-state index contributed by atoms with van der Waals surface area (Å²) in [6.07, 6.45) is 1.05. The van der Waals surface area contributed by atoms with Crippen LogP contribution in [-0.4, -0.2) is 12.2 Å². The second kappa shape index (κ2) is 6.34. The topological polar surface area (TPSA) is 55.4 Å². The lowest BCUT2D eigenvalue weighted by atomic mass is 9.84. The minimum atomic E-state index is -0.761. The van der Waals surface area contributed by atoms with E-state index in [-0.39, 0.29) is 11.9 Å². The van der Waals surface area contributed by atoms with E-state index in [4.69, 9.17) is 4.74 Å². The highest BCUT2D eigenvalue weighted by Crippen LogP contribution is 2.43. The molecule has 0 spiro atoms. The predicted molar refractivity (Wildman–Crippen MR) is 88.0 cm³/mol. The van der Waals surface area contributed by atoms with Crippen molar-refractivity contribution < 1.29 is 14.3 Å². The van der Waals surface area contributed by atoms with Crippen LogP contribution in [0.4, 0.5) is 5.69 Å². The van der Waals surface area contributed by atoms with Crippen molar-refractivity contribution in [3.05, 3.63) is 65.7 Å². The Morgan fingerprint density at radius 1 is 1.13 bits per heavy atom. The lowest BCUT2D eigenvalue weighted by molar-refractivity contribution is -0.155. The van der Waals surface area contributed by atoms with Gasteiger partial charge in [-0.3, -0.25) is 9.59 Å². The molecule has 0 bridgehead atoms. The predicted octanol–water partition coefficient (Wildman–Crippen LogP) is 3.59. The van der Waals surface area contributed by atoms with E-state index >= 15 is 0 Å². The molecule has 2 atom stereocenters. The second-order valence-corrected chi connectivity index (χ2v) is 5.98. The largest absolute Gasteiger partial charge is 0.362 e. The number of amides is 1. The zero-order chi connectivity index (χ0) is 16.3. The Hall–Kier alpha value is -2.46. The van der Waals surface area contributed by atoms with Gasteiger partial charge in [-0.2, -0.15) is 0 Å². The zero-order valence-electron chi connectivity index (χ0n) is 13.0. The van der Waals surface area contributed by atoms with Crippen molar-refractivity contribution in [1.29, 1.82) is 0 Å². The van der Waals surface area contributed by atoms with Gasteiger partial charge < -0.3 is 10.1 Å². The molecule has 4 heteroatoms. The Morgan fingerprint density at radius 2 is 1.83 bits per heavy atom. The summed E-state index contributed by atoms with van der Waals surface area (Å²) in [7, 11) is 0. The summed E-state index contributed by atoms with van der Waals surface area (Å²) in [6, 6.07) is 17.2. The molecule has 1 aliphatic rings. The van der Waals surface area contributed by atoms with E-state index in [9.17, 15) is 9.59 Å². The van der Waals surface area contributed by atoms with E-state index in [1.54, 1.807) is 0 Å². The maximum absolute atomic E-state index is 12.3. The third-order valence-corrected chi connectivity index (χ3v) is 4.23. The summed E-state index contributed by atoms with van der Waals surface area (Å²) in [5, 5.41) is 2.70. The van der Waals surface area contributed by atoms with Crippen LogP contribution in [0.25, 0.3) is 0 Å². The quantitative estimate of drug-likeness (QED) is 0.878. The number of nitrogens with one attached hydrogen (secondary N) is 1. The van der Waals surface area contributed by atoms with Crippen molar-refractivity contribution >= 4 is 17.9 Å². The number of Topliss-reactive ketones (excluding diaryl/α,β-unsaturated/α-hetero) is 1. The average molecular weight is 309 g/mol. The molecule has 2 aromatic carbocycles. The molecule has 0 saturated carbocycles. The Balaban J connectivity index is 1.97. The molecular formula is C19H19NO3. The van der Waals surface area contributed by atoms with Crippen LogP contribution in [0.2, 0.25) is 0 Å². The van der Waals surface area contributed by atoms with E-state index < -0.39 is 5.60 Å². The van der Waals surface area contributed by atoms with Gasteiger partial charge >= 0.3 is 0 Å². The molecular weight excluding hydrogens is 290 g/mol. The first-order chi connectivity index (χ1) is 11.1. The minimum Gasteiger partial charge on any atom is -0.362 e. The molecule has 4 nitrogen and oxygen atoms in total. The molecule has 0 aliphatic carbocycles. The number of ketones is 1. The van der Waals surface area contributed by atoms with Crippen LogP contribution in [-0.2, 0) is 19.9 Å². The van der Waals surface area contributed by atoms with Crippen LogP contribution in [0, 0.1) is 0 Å². The molecule has 1 fully saturated rings. The smallest absolute Gasteiger partial charge is 0.211 e. The molecule has 0 unspecified atom stereocenters. The van der Waals surface area contributed by atoms with Gasteiger partial charge in [-0.15, -0.1) is 0 Å². The van der Waals surface area contributed by atoms with Crippen LogP contribution in [0.5, 0.6) is 0 Å². The molecule has 3 rings (SSSR count). The van der Waals surface area contributed by atoms with Gasteiger partial charge in [-0.1, -0.05) is 48.5 Å². The minimum absolute atomic E-state index is 0.161. The van der Waals surface area contributed by atoms with Crippen molar-refractivity contribution in [2.45, 2.75) is 31.5 Å². The zero-order valence-corrected chi connectivity index (χ0v) is 13.0. The van der Waals surface area contributed by atoms with Crippen molar-refractivity contribution in [2.24, 2.45) is 0 Å². The van der Waals surface area contributed by atoms with Crippen LogP contribution in [0.1, 0.15) is 37.0 Å². The molecule has 1 aliphatic heterocycles. The van der Waals surface area contributed by atoms with E-state index in [0.717, 1.165) is 11.1 Å². The fourth-order valence-corrected chi connectivity index (χ4v) is 3.20. The highest BCUT2D eigenvalue weighted by Gasteiger charge is 2.40. The van der Waals surface area contributed by atoms with Gasteiger partial charge in [0.1, 0.15) is 11.4 Å². The number of benzene rings is 2. The summed E-state index contributed by atoms with van der Waals surface area (Å²) in [6.45, 7) is 1.91. The number of carbonyl (C=O) groups is 2. The molecule has 23 heavy (non-hydrogen) atoms. The number of anilines is 1. The number of para-hydroxylation sites is 1. The fourth-order valence-electron chi connectivity index (χ4n) is 3.20. The molecule has 1 amide bonds. The Morgan fingerprint density at radius 3 is 2.57 bits per heavy atom. The normalized spacial score (nSPS) is 24.2. The van der Waals surface area contributed by atoms with Crippen LogP contribution in [0.15, 0.2) is 54.6 Å². The van der Waals surface area contributed by atoms with Crippen molar-refractivity contribution in [2.75, 3.05) is 5.32 Å². The lowest BCUT2D eigenvalue weighted by Crippen LogP contribution is -2.37. The third kappa shape index (κ3) is 3.17. The summed E-state index contributed by atoms with van der Waals surface area (Å²) in [5.41, 5.74) is 1.72. The molecule has 1 heterocycles. The fraction of sp³-hybridized carbons (Fsp3) is 0.263. The monoisotopic (exact) mass is 309 g/mol. The lowest BCUT2D eigenvalue weighted by Gasteiger charge is -2.39. The van der Waals surface area contributed by atoms with E-state index in [0.29, 0.717) is 24.9 Å². The second-order valence-electron chi connectivity index (χ2n) is 5.98. The van der Waals surface area contributed by atoms with Crippen molar-refractivity contribution in [3.8, 4) is 0 Å². The van der Waals surface area contributed by atoms with Crippen LogP contribution < -0.4 is 5.32 Å². The number of carbonyl (C=O) groups excluding carboxylic acids is 2. The molecule has 0 radical (unpaired) electrons. The van der Waals surface area contributed by atoms with Gasteiger partial charge in [0, 0.05) is 24.1 Å². The van der Waals surface area contributed by atoms with E-state index in [2.05, 4.69) is 5.32 Å². The molecule has 2 aromatic rings. The standard InChI is InChI=1S/C19H19NO3/c1-19(16-9-5-6-10-17(16)20-13-21)12-15(22)11-18(23-19)14-7-3-2-4-8-14/h2-10,13,18H,11-12H2,1H3,(H,20,21)/t18-,19+/m1/s1. The summed E-state index contributed by atoms with van der Waals surface area (Å²) in [4.78, 5) is 23.2. The maximum atomic E-state index is 12.3. The van der Waals surface area contributed by atoms with Crippen molar-refractivity contribution in [1.82, 2.24) is 0 Å². The van der Waals surface area contributed by atoms with Gasteiger partial charge in [-0.05, 0) is 18.6 Å². The van der Waals surface area contributed by atoms with Crippen LogP contribution >= 0.6 is 0 Å². The van der Waals surface area contributed by atoms with Crippen molar-refractivity contribution in [3.63, 3.8) is 0 Å². The molecule has 1 saturated heterocycles. The Labute approximate surface area is 135 Å². The molecule has 1 N–H and O–H groups in total.